The van der Waals surface area contributed by atoms with Gasteiger partial charge in [0.05, 0.1) is 0 Å². The van der Waals surface area contributed by atoms with E-state index in [1.165, 1.54) is 0 Å². The van der Waals surface area contributed by atoms with Crippen molar-refractivity contribution in [1.82, 2.24) is 10.6 Å². The van der Waals surface area contributed by atoms with Crippen molar-refractivity contribution in [2.75, 3.05) is 13.1 Å². The first-order valence-corrected chi connectivity index (χ1v) is 6.49. The summed E-state index contributed by atoms with van der Waals surface area (Å²) in [5, 5.41) is 6.02. The topological polar surface area (TPSA) is 76.7 Å². The second kappa shape index (κ2) is 6.23. The molecule has 0 spiro atoms. The Hall–Kier alpha value is -0.790. The number of hydrogen-bond acceptors (Lipinski definition) is 7. The average Bonchev–Trinajstić information content (AvgIpc) is 3.02. The molecule has 0 aromatic heterocycles. The van der Waals surface area contributed by atoms with Gasteiger partial charge in [-0.25, -0.2) is 9.59 Å². The minimum atomic E-state index is -0.375. The number of rotatable bonds is 4. The summed E-state index contributed by atoms with van der Waals surface area (Å²) in [6, 6.07) is -0.517. The van der Waals surface area contributed by atoms with E-state index in [2.05, 4.69) is 10.6 Å². The summed E-state index contributed by atoms with van der Waals surface area (Å²) in [6.07, 6.45) is 3.49. The summed E-state index contributed by atoms with van der Waals surface area (Å²) in [4.78, 5) is 22.9. The van der Waals surface area contributed by atoms with Crippen LogP contribution in [0.2, 0.25) is 0 Å². The van der Waals surface area contributed by atoms with Crippen LogP contribution in [0.1, 0.15) is 25.7 Å². The molecule has 0 radical (unpaired) electrons. The van der Waals surface area contributed by atoms with Crippen molar-refractivity contribution in [1.29, 1.82) is 0 Å². The second-order valence-electron chi connectivity index (χ2n) is 4.17. The number of hydrogen-bond donors (Lipinski definition) is 2. The third kappa shape index (κ3) is 3.58. The summed E-state index contributed by atoms with van der Waals surface area (Å²) in [6.45, 7) is 1.66. The van der Waals surface area contributed by atoms with Gasteiger partial charge >= 0.3 is 11.9 Å². The van der Waals surface area contributed by atoms with Gasteiger partial charge in [-0.3, -0.25) is 0 Å². The van der Waals surface area contributed by atoms with E-state index in [4.69, 9.17) is 8.37 Å². The van der Waals surface area contributed by atoms with Crippen molar-refractivity contribution < 1.29 is 18.0 Å². The summed E-state index contributed by atoms with van der Waals surface area (Å²) in [5.74, 6) is -0.751. The normalized spacial score (nSPS) is 28.0. The molecule has 0 amide bonds. The maximum Gasteiger partial charge on any atom is 0.337 e. The fraction of sp³-hybridized carbons (Fsp3) is 0.800. The van der Waals surface area contributed by atoms with Crippen LogP contribution in [0.15, 0.2) is 0 Å². The first-order valence-electron chi connectivity index (χ1n) is 5.83. The molecule has 0 unspecified atom stereocenters. The molecule has 0 aliphatic carbocycles. The minimum absolute atomic E-state index is 0.259. The summed E-state index contributed by atoms with van der Waals surface area (Å²) < 4.78 is 9.60. The van der Waals surface area contributed by atoms with Gasteiger partial charge in [-0.05, 0) is 38.8 Å². The monoisotopic (exact) mass is 260 g/mol. The van der Waals surface area contributed by atoms with Crippen molar-refractivity contribution in [2.45, 2.75) is 37.8 Å². The summed E-state index contributed by atoms with van der Waals surface area (Å²) >= 11 is 0.464. The fourth-order valence-corrected chi connectivity index (χ4v) is 2.37. The van der Waals surface area contributed by atoms with E-state index < -0.39 is 0 Å². The lowest BCUT2D eigenvalue weighted by Crippen LogP contribution is -2.32. The molecule has 7 heteroatoms. The SMILES string of the molecule is O=C(OSOC(=O)[C@@H]1CCCN1)[C@@H]1CCCN1. The van der Waals surface area contributed by atoms with Crippen LogP contribution in [-0.4, -0.2) is 37.1 Å². The Morgan fingerprint density at radius 2 is 1.41 bits per heavy atom. The Morgan fingerprint density at radius 1 is 0.941 bits per heavy atom. The zero-order chi connectivity index (χ0) is 12.1. The molecule has 2 saturated heterocycles. The van der Waals surface area contributed by atoms with E-state index in [0.717, 1.165) is 38.8 Å². The van der Waals surface area contributed by atoms with Gasteiger partial charge in [0.1, 0.15) is 12.1 Å². The van der Waals surface area contributed by atoms with Crippen molar-refractivity contribution in [3.63, 3.8) is 0 Å². The van der Waals surface area contributed by atoms with Gasteiger partial charge in [0.25, 0.3) is 12.3 Å². The largest absolute Gasteiger partial charge is 0.353 e. The Balaban J connectivity index is 1.61. The maximum atomic E-state index is 11.4. The van der Waals surface area contributed by atoms with Crippen LogP contribution in [-0.2, 0) is 18.0 Å². The van der Waals surface area contributed by atoms with Gasteiger partial charge in [-0.15, -0.1) is 0 Å². The van der Waals surface area contributed by atoms with Crippen molar-refractivity contribution in [3.8, 4) is 0 Å². The van der Waals surface area contributed by atoms with E-state index in [-0.39, 0.29) is 24.0 Å². The summed E-state index contributed by atoms with van der Waals surface area (Å²) in [7, 11) is 0. The fourth-order valence-electron chi connectivity index (χ4n) is 1.97. The average molecular weight is 260 g/mol. The predicted molar refractivity (Wildman–Crippen MR) is 61.8 cm³/mol. The predicted octanol–water partition coefficient (Wildman–Crippen LogP) is 0.140. The van der Waals surface area contributed by atoms with Gasteiger partial charge in [-0.2, -0.15) is 0 Å². The van der Waals surface area contributed by atoms with Gasteiger partial charge in [-0.1, -0.05) is 0 Å². The quantitative estimate of drug-likeness (QED) is 0.696. The van der Waals surface area contributed by atoms with Gasteiger partial charge in [0.2, 0.25) is 0 Å². The molecule has 0 saturated carbocycles. The maximum absolute atomic E-state index is 11.4. The van der Waals surface area contributed by atoms with Gasteiger partial charge in [0.15, 0.2) is 0 Å². The lowest BCUT2D eigenvalue weighted by atomic mass is 10.2. The van der Waals surface area contributed by atoms with Crippen LogP contribution in [0, 0.1) is 0 Å². The van der Waals surface area contributed by atoms with Crippen LogP contribution < -0.4 is 10.6 Å². The lowest BCUT2D eigenvalue weighted by molar-refractivity contribution is -0.138. The molecule has 0 bridgehead atoms. The van der Waals surface area contributed by atoms with E-state index in [1.54, 1.807) is 0 Å². The van der Waals surface area contributed by atoms with Crippen molar-refractivity contribution in [2.24, 2.45) is 0 Å². The first-order chi connectivity index (χ1) is 8.27. The van der Waals surface area contributed by atoms with Crippen LogP contribution in [0.3, 0.4) is 0 Å². The van der Waals surface area contributed by atoms with Crippen LogP contribution >= 0.6 is 12.3 Å². The molecule has 2 atom stereocenters. The molecule has 17 heavy (non-hydrogen) atoms. The minimum Gasteiger partial charge on any atom is -0.353 e. The molecular weight excluding hydrogens is 244 g/mol. The van der Waals surface area contributed by atoms with Crippen molar-refractivity contribution in [3.05, 3.63) is 0 Å². The van der Waals surface area contributed by atoms with Crippen LogP contribution in [0.5, 0.6) is 0 Å². The molecule has 0 aromatic rings. The molecular formula is C10H16N2O4S. The second-order valence-corrected chi connectivity index (χ2v) is 4.64. The third-order valence-corrected chi connectivity index (χ3v) is 3.39. The Morgan fingerprint density at radius 3 is 1.76 bits per heavy atom. The Bertz CT molecular complexity index is 260. The molecule has 2 fully saturated rings. The van der Waals surface area contributed by atoms with E-state index in [1.807, 2.05) is 0 Å². The van der Waals surface area contributed by atoms with Crippen LogP contribution in [0.25, 0.3) is 0 Å². The Kier molecular flexibility index (Phi) is 4.64. The molecule has 6 nitrogen and oxygen atoms in total. The molecule has 2 aliphatic rings. The van der Waals surface area contributed by atoms with Gasteiger partial charge < -0.3 is 19.0 Å². The van der Waals surface area contributed by atoms with E-state index >= 15 is 0 Å². The van der Waals surface area contributed by atoms with E-state index in [0.29, 0.717) is 12.3 Å². The van der Waals surface area contributed by atoms with Gasteiger partial charge in [0, 0.05) is 0 Å². The molecule has 96 valence electrons. The first kappa shape index (κ1) is 12.7. The highest BCUT2D eigenvalue weighted by Crippen LogP contribution is 2.15. The van der Waals surface area contributed by atoms with Crippen molar-refractivity contribution >= 4 is 24.3 Å². The number of carbonyl (C=O) groups excluding carboxylic acids is 2. The Labute approximate surface area is 104 Å². The molecule has 0 aromatic carbocycles. The molecule has 2 aliphatic heterocycles. The molecule has 2 rings (SSSR count). The highest BCUT2D eigenvalue weighted by molar-refractivity contribution is 7.90. The number of nitrogens with one attached hydrogen (secondary N) is 2. The molecule has 2 heterocycles. The summed E-state index contributed by atoms with van der Waals surface area (Å²) in [5.41, 5.74) is 0. The zero-order valence-corrected chi connectivity index (χ0v) is 10.3. The third-order valence-electron chi connectivity index (χ3n) is 2.92. The smallest absolute Gasteiger partial charge is 0.337 e. The van der Waals surface area contributed by atoms with E-state index in [9.17, 15) is 9.59 Å². The highest BCUT2D eigenvalue weighted by atomic mass is 32.2. The zero-order valence-electron chi connectivity index (χ0n) is 9.44. The molecule has 2 N–H and O–H groups in total. The standard InChI is InChI=1S/C10H16N2O4S/c13-9(7-3-1-5-11-7)15-17-16-10(14)8-4-2-6-12-8/h7-8,11-12H,1-6H2/t7-,8-/m0/s1. The van der Waals surface area contributed by atoms with Crippen LogP contribution in [0.4, 0.5) is 0 Å². The highest BCUT2D eigenvalue weighted by Gasteiger charge is 2.27. The number of carbonyl (C=O) groups is 2. The lowest BCUT2D eigenvalue weighted by Gasteiger charge is -2.09.